The average Bonchev–Trinajstić information content (AvgIpc) is 2.82. The Hall–Kier alpha value is -1.15. The summed E-state index contributed by atoms with van der Waals surface area (Å²) in [5, 5.41) is 4.13. The van der Waals surface area contributed by atoms with Crippen LogP contribution >= 0.6 is 35.3 Å². The van der Waals surface area contributed by atoms with Crippen molar-refractivity contribution < 1.29 is 0 Å². The molecule has 23 heavy (non-hydrogen) atoms. The van der Waals surface area contributed by atoms with Crippen LogP contribution in [0.15, 0.2) is 23.2 Å². The minimum absolute atomic E-state index is 0. The van der Waals surface area contributed by atoms with Gasteiger partial charge in [0.25, 0.3) is 0 Å². The molecule has 0 radical (unpaired) electrons. The van der Waals surface area contributed by atoms with Crippen molar-refractivity contribution in [3.05, 3.63) is 44.9 Å². The SMILES string of the molecule is Cc1ccc(NC(N)=NCc2nc(C(C)C)c(C)s2)cc1C.I. The first-order valence-corrected chi connectivity index (χ1v) is 8.29. The van der Waals surface area contributed by atoms with Gasteiger partial charge in [-0.1, -0.05) is 19.9 Å². The summed E-state index contributed by atoms with van der Waals surface area (Å²) >= 11 is 1.69. The summed E-state index contributed by atoms with van der Waals surface area (Å²) in [7, 11) is 0. The van der Waals surface area contributed by atoms with Crippen LogP contribution in [0.3, 0.4) is 0 Å². The molecule has 0 amide bonds. The van der Waals surface area contributed by atoms with Crippen LogP contribution in [0.4, 0.5) is 5.69 Å². The third kappa shape index (κ3) is 5.46. The molecule has 3 N–H and O–H groups in total. The Morgan fingerprint density at radius 3 is 2.52 bits per heavy atom. The number of guanidine groups is 1. The largest absolute Gasteiger partial charge is 0.370 e. The van der Waals surface area contributed by atoms with E-state index in [0.29, 0.717) is 18.4 Å². The second kappa shape index (κ2) is 8.63. The normalized spacial score (nSPS) is 11.5. The quantitative estimate of drug-likeness (QED) is 0.407. The van der Waals surface area contributed by atoms with Crippen molar-refractivity contribution in [2.45, 2.75) is 47.1 Å². The smallest absolute Gasteiger partial charge is 0.193 e. The minimum atomic E-state index is 0. The molecule has 2 aromatic rings. The molecule has 0 atom stereocenters. The Labute approximate surface area is 159 Å². The van der Waals surface area contributed by atoms with Gasteiger partial charge in [0.2, 0.25) is 0 Å². The maximum Gasteiger partial charge on any atom is 0.193 e. The maximum atomic E-state index is 5.96. The van der Waals surface area contributed by atoms with Crippen LogP contribution in [0.2, 0.25) is 0 Å². The number of thiazole rings is 1. The number of aliphatic imine (C=N–C) groups is 1. The molecule has 2 rings (SSSR count). The Morgan fingerprint density at radius 2 is 1.96 bits per heavy atom. The highest BCUT2D eigenvalue weighted by Gasteiger charge is 2.10. The predicted molar refractivity (Wildman–Crippen MR) is 111 cm³/mol. The van der Waals surface area contributed by atoms with Gasteiger partial charge in [0.1, 0.15) is 5.01 Å². The third-order valence-corrected chi connectivity index (χ3v) is 4.56. The van der Waals surface area contributed by atoms with E-state index in [0.717, 1.165) is 16.4 Å². The second-order valence-electron chi connectivity index (χ2n) is 5.83. The van der Waals surface area contributed by atoms with E-state index in [-0.39, 0.29) is 24.0 Å². The molecular weight excluding hydrogens is 419 g/mol. The molecule has 6 heteroatoms. The number of nitrogens with zero attached hydrogens (tertiary/aromatic N) is 2. The van der Waals surface area contributed by atoms with Gasteiger partial charge in [-0.15, -0.1) is 35.3 Å². The highest BCUT2D eigenvalue weighted by molar-refractivity contribution is 14.0. The van der Waals surface area contributed by atoms with Crippen LogP contribution in [0, 0.1) is 20.8 Å². The molecule has 0 aliphatic heterocycles. The molecule has 0 unspecified atom stereocenters. The van der Waals surface area contributed by atoms with Crippen molar-refractivity contribution in [2.75, 3.05) is 5.32 Å². The molecule has 1 aromatic heterocycles. The monoisotopic (exact) mass is 444 g/mol. The van der Waals surface area contributed by atoms with Crippen molar-refractivity contribution >= 4 is 47.0 Å². The lowest BCUT2D eigenvalue weighted by atomic mass is 10.1. The number of rotatable bonds is 4. The lowest BCUT2D eigenvalue weighted by molar-refractivity contribution is 0.814. The molecule has 0 spiro atoms. The van der Waals surface area contributed by atoms with E-state index < -0.39 is 0 Å². The zero-order valence-electron chi connectivity index (χ0n) is 14.3. The zero-order valence-corrected chi connectivity index (χ0v) is 17.5. The van der Waals surface area contributed by atoms with Crippen LogP contribution < -0.4 is 11.1 Å². The van der Waals surface area contributed by atoms with E-state index in [1.807, 2.05) is 6.07 Å². The summed E-state index contributed by atoms with van der Waals surface area (Å²) in [6.07, 6.45) is 0. The van der Waals surface area contributed by atoms with E-state index in [1.165, 1.54) is 16.0 Å². The number of hydrogen-bond acceptors (Lipinski definition) is 3. The van der Waals surface area contributed by atoms with E-state index >= 15 is 0 Å². The summed E-state index contributed by atoms with van der Waals surface area (Å²) in [6.45, 7) is 11.1. The molecule has 0 saturated carbocycles. The summed E-state index contributed by atoms with van der Waals surface area (Å²) in [5.74, 6) is 0.863. The van der Waals surface area contributed by atoms with Gasteiger partial charge in [-0.05, 0) is 49.9 Å². The molecule has 0 bridgehead atoms. The molecular formula is C17H25IN4S. The fraction of sp³-hybridized carbons (Fsp3) is 0.412. The fourth-order valence-electron chi connectivity index (χ4n) is 2.23. The zero-order chi connectivity index (χ0) is 16.3. The Kier molecular flexibility index (Phi) is 7.47. The first-order chi connectivity index (χ1) is 10.4. The highest BCUT2D eigenvalue weighted by Crippen LogP contribution is 2.24. The summed E-state index contributed by atoms with van der Waals surface area (Å²) < 4.78 is 0. The number of nitrogens with one attached hydrogen (secondary N) is 1. The number of benzene rings is 1. The number of halogens is 1. The van der Waals surface area contributed by atoms with Crippen molar-refractivity contribution in [1.29, 1.82) is 0 Å². The Bertz CT molecular complexity index is 692. The highest BCUT2D eigenvalue weighted by atomic mass is 127. The van der Waals surface area contributed by atoms with E-state index in [4.69, 9.17) is 5.73 Å². The van der Waals surface area contributed by atoms with Crippen LogP contribution in [0.25, 0.3) is 0 Å². The average molecular weight is 444 g/mol. The summed E-state index contributed by atoms with van der Waals surface area (Å²) in [4.78, 5) is 10.3. The van der Waals surface area contributed by atoms with Gasteiger partial charge >= 0.3 is 0 Å². The Morgan fingerprint density at radius 1 is 1.26 bits per heavy atom. The van der Waals surface area contributed by atoms with Crippen molar-refractivity contribution in [1.82, 2.24) is 4.98 Å². The van der Waals surface area contributed by atoms with Crippen molar-refractivity contribution in [2.24, 2.45) is 10.7 Å². The molecule has 0 aliphatic carbocycles. The third-order valence-electron chi connectivity index (χ3n) is 3.59. The van der Waals surface area contributed by atoms with E-state index in [9.17, 15) is 0 Å². The van der Waals surface area contributed by atoms with E-state index in [1.54, 1.807) is 11.3 Å². The lowest BCUT2D eigenvalue weighted by Crippen LogP contribution is -2.22. The minimum Gasteiger partial charge on any atom is -0.370 e. The summed E-state index contributed by atoms with van der Waals surface area (Å²) in [5.41, 5.74) is 10.6. The number of hydrogen-bond donors (Lipinski definition) is 2. The first-order valence-electron chi connectivity index (χ1n) is 7.47. The number of aryl methyl sites for hydroxylation is 3. The Balaban J connectivity index is 0.00000264. The standard InChI is InChI=1S/C17H24N4S.HI/c1-10(2)16-13(5)22-15(21-16)9-19-17(18)20-14-7-6-11(3)12(4)8-14;/h6-8,10H,9H2,1-5H3,(H3,18,19,20);1H. The second-order valence-corrected chi connectivity index (χ2v) is 7.12. The number of anilines is 1. The van der Waals surface area contributed by atoms with E-state index in [2.05, 4.69) is 62.0 Å². The number of nitrogens with two attached hydrogens (primary N) is 1. The van der Waals surface area contributed by atoms with Gasteiger partial charge in [0, 0.05) is 10.6 Å². The maximum absolute atomic E-state index is 5.96. The molecule has 0 aliphatic rings. The van der Waals surface area contributed by atoms with Gasteiger partial charge < -0.3 is 11.1 Å². The fourth-order valence-corrected chi connectivity index (χ4v) is 3.24. The first kappa shape index (κ1) is 19.9. The van der Waals surface area contributed by atoms with Crippen LogP contribution in [0.1, 0.15) is 46.5 Å². The molecule has 0 fully saturated rings. The molecule has 1 heterocycles. The number of aromatic nitrogens is 1. The topological polar surface area (TPSA) is 63.3 Å². The predicted octanol–water partition coefficient (Wildman–Crippen LogP) is 4.74. The lowest BCUT2D eigenvalue weighted by Gasteiger charge is -2.07. The van der Waals surface area contributed by atoms with Gasteiger partial charge in [-0.3, -0.25) is 0 Å². The van der Waals surface area contributed by atoms with Crippen LogP contribution in [0.5, 0.6) is 0 Å². The molecule has 0 saturated heterocycles. The van der Waals surface area contributed by atoms with Crippen LogP contribution in [-0.2, 0) is 6.54 Å². The molecule has 126 valence electrons. The van der Waals surface area contributed by atoms with Crippen molar-refractivity contribution in [3.63, 3.8) is 0 Å². The van der Waals surface area contributed by atoms with Gasteiger partial charge in [0.05, 0.1) is 12.2 Å². The summed E-state index contributed by atoms with van der Waals surface area (Å²) in [6, 6.07) is 6.15. The van der Waals surface area contributed by atoms with Gasteiger partial charge in [-0.25, -0.2) is 9.98 Å². The molecule has 1 aromatic carbocycles. The van der Waals surface area contributed by atoms with Gasteiger partial charge in [0.15, 0.2) is 5.96 Å². The van der Waals surface area contributed by atoms with Crippen LogP contribution in [-0.4, -0.2) is 10.9 Å². The van der Waals surface area contributed by atoms with Crippen molar-refractivity contribution in [3.8, 4) is 0 Å². The van der Waals surface area contributed by atoms with Gasteiger partial charge in [-0.2, -0.15) is 0 Å². The molecule has 4 nitrogen and oxygen atoms in total.